The van der Waals surface area contributed by atoms with Crippen LogP contribution in [0.2, 0.25) is 0 Å². The van der Waals surface area contributed by atoms with Crippen molar-refractivity contribution in [2.24, 2.45) is 0 Å². The molecule has 3 aromatic carbocycles. The molecule has 3 rings (SSSR count). The van der Waals surface area contributed by atoms with Crippen molar-refractivity contribution in [1.29, 1.82) is 0 Å². The Labute approximate surface area is 151 Å². The van der Waals surface area contributed by atoms with Crippen LogP contribution in [0.4, 0.5) is 0 Å². The molecule has 0 saturated heterocycles. The van der Waals surface area contributed by atoms with E-state index in [1.165, 1.54) is 12.1 Å². The van der Waals surface area contributed by atoms with E-state index in [1.807, 2.05) is 0 Å². The van der Waals surface area contributed by atoms with Gasteiger partial charge < -0.3 is 15.3 Å². The Morgan fingerprint density at radius 1 is 0.808 bits per heavy atom. The average molecular weight is 345 g/mol. The summed E-state index contributed by atoms with van der Waals surface area (Å²) in [6.07, 6.45) is 0. The van der Waals surface area contributed by atoms with Crippen LogP contribution in [-0.2, 0) is 0 Å². The highest BCUT2D eigenvalue weighted by Gasteiger charge is 2.19. The fourth-order valence-electron chi connectivity index (χ4n) is 2.77. The summed E-state index contributed by atoms with van der Waals surface area (Å²) in [5.41, 5.74) is 1.51. The monoisotopic (exact) mass is 345 g/mol. The van der Waals surface area contributed by atoms with Crippen molar-refractivity contribution < 1.29 is 20.1 Å². The number of rotatable bonds is 4. The quantitative estimate of drug-likeness (QED) is 0.249. The lowest BCUT2D eigenvalue weighted by molar-refractivity contribution is -0.242. The molecule has 0 saturated carbocycles. The SMILES string of the molecule is Cc1cc(O)c(O)cc1/C(C(=O)c1ccccc1)=C(\[O-])c1ccccc1. The summed E-state index contributed by atoms with van der Waals surface area (Å²) in [5.74, 6) is -1.56. The van der Waals surface area contributed by atoms with E-state index in [0.717, 1.165) is 0 Å². The summed E-state index contributed by atoms with van der Waals surface area (Å²) in [7, 11) is 0. The van der Waals surface area contributed by atoms with Crippen molar-refractivity contribution in [2.75, 3.05) is 0 Å². The van der Waals surface area contributed by atoms with Crippen molar-refractivity contribution in [1.82, 2.24) is 0 Å². The predicted molar refractivity (Wildman–Crippen MR) is 98.5 cm³/mol. The molecule has 0 unspecified atom stereocenters. The number of benzene rings is 3. The van der Waals surface area contributed by atoms with E-state index in [0.29, 0.717) is 22.3 Å². The molecule has 2 N–H and O–H groups in total. The third kappa shape index (κ3) is 3.30. The third-order valence-electron chi connectivity index (χ3n) is 4.12. The molecular weight excluding hydrogens is 328 g/mol. The average Bonchev–Trinajstić information content (AvgIpc) is 2.67. The maximum atomic E-state index is 13.1. The van der Waals surface area contributed by atoms with Gasteiger partial charge in [-0.3, -0.25) is 4.79 Å². The van der Waals surface area contributed by atoms with Crippen LogP contribution in [0.5, 0.6) is 11.5 Å². The zero-order valence-corrected chi connectivity index (χ0v) is 14.1. The highest BCUT2D eigenvalue weighted by atomic mass is 16.3. The molecule has 0 fully saturated rings. The van der Waals surface area contributed by atoms with Gasteiger partial charge in [-0.05, 0) is 35.7 Å². The molecule has 0 aliphatic rings. The molecule has 0 amide bonds. The molecule has 0 spiro atoms. The van der Waals surface area contributed by atoms with Gasteiger partial charge in [0.1, 0.15) is 0 Å². The number of aryl methyl sites for hydroxylation is 1. The fourth-order valence-corrected chi connectivity index (χ4v) is 2.77. The van der Waals surface area contributed by atoms with Crippen LogP contribution in [-0.4, -0.2) is 16.0 Å². The van der Waals surface area contributed by atoms with Gasteiger partial charge in [-0.1, -0.05) is 66.4 Å². The molecule has 4 nitrogen and oxygen atoms in total. The number of hydrogen-bond acceptors (Lipinski definition) is 4. The third-order valence-corrected chi connectivity index (χ3v) is 4.12. The standard InChI is InChI=1S/C22H18O4/c1-14-12-18(23)19(24)13-17(14)20(21(25)15-8-4-2-5-9-15)22(26)16-10-6-3-7-11-16/h2-13,23-25H,1H3/p-1/b21-20+. The van der Waals surface area contributed by atoms with Crippen LogP contribution in [0.1, 0.15) is 27.0 Å². The van der Waals surface area contributed by atoms with Gasteiger partial charge in [-0.2, -0.15) is 0 Å². The minimum absolute atomic E-state index is 0.0461. The van der Waals surface area contributed by atoms with Crippen LogP contribution >= 0.6 is 0 Å². The molecule has 0 aliphatic carbocycles. The van der Waals surface area contributed by atoms with Gasteiger partial charge in [0.2, 0.25) is 0 Å². The Morgan fingerprint density at radius 3 is 1.88 bits per heavy atom. The summed E-state index contributed by atoms with van der Waals surface area (Å²) in [4.78, 5) is 13.1. The number of carbonyl (C=O) groups excluding carboxylic acids is 1. The zero-order chi connectivity index (χ0) is 18.7. The van der Waals surface area contributed by atoms with Gasteiger partial charge >= 0.3 is 0 Å². The second-order valence-electron chi connectivity index (χ2n) is 5.92. The van der Waals surface area contributed by atoms with E-state index in [-0.39, 0.29) is 17.1 Å². The summed E-state index contributed by atoms with van der Waals surface area (Å²) in [6, 6.07) is 19.6. The Kier molecular flexibility index (Phi) is 4.76. The lowest BCUT2D eigenvalue weighted by atomic mass is 9.90. The van der Waals surface area contributed by atoms with Gasteiger partial charge in [-0.25, -0.2) is 0 Å². The number of phenols is 2. The van der Waals surface area contributed by atoms with Gasteiger partial charge in [0, 0.05) is 11.1 Å². The normalized spacial score (nSPS) is 11.7. The van der Waals surface area contributed by atoms with E-state index in [1.54, 1.807) is 67.6 Å². The van der Waals surface area contributed by atoms with Crippen LogP contribution in [0, 0.1) is 6.92 Å². The molecule has 130 valence electrons. The van der Waals surface area contributed by atoms with E-state index in [9.17, 15) is 20.1 Å². The zero-order valence-electron chi connectivity index (χ0n) is 14.1. The first kappa shape index (κ1) is 17.3. The number of carbonyl (C=O) groups is 1. The number of Topliss-reactive ketones (excluding diaryl/α,β-unsaturated/α-hetero) is 1. The minimum atomic E-state index is -0.437. The molecule has 0 aliphatic heterocycles. The van der Waals surface area contributed by atoms with Crippen LogP contribution < -0.4 is 5.11 Å². The molecule has 26 heavy (non-hydrogen) atoms. The highest BCUT2D eigenvalue weighted by Crippen LogP contribution is 2.35. The van der Waals surface area contributed by atoms with Crippen molar-refractivity contribution in [2.45, 2.75) is 6.92 Å². The molecule has 0 aromatic heterocycles. The molecule has 3 aromatic rings. The molecule has 0 atom stereocenters. The van der Waals surface area contributed by atoms with Crippen LogP contribution in [0.15, 0.2) is 72.8 Å². The summed E-state index contributed by atoms with van der Waals surface area (Å²) >= 11 is 0. The molecule has 0 bridgehead atoms. The molecule has 4 heteroatoms. The van der Waals surface area contributed by atoms with E-state index >= 15 is 0 Å². The summed E-state index contributed by atoms with van der Waals surface area (Å²) in [5, 5.41) is 32.7. The number of phenolic OH excluding ortho intramolecular Hbond substituents is 2. The first-order valence-corrected chi connectivity index (χ1v) is 8.08. The van der Waals surface area contributed by atoms with E-state index in [4.69, 9.17) is 0 Å². The Bertz CT molecular complexity index is 974. The van der Waals surface area contributed by atoms with Gasteiger partial charge in [0.15, 0.2) is 17.3 Å². The number of aromatic hydroxyl groups is 2. The van der Waals surface area contributed by atoms with Crippen molar-refractivity contribution in [3.8, 4) is 11.5 Å². The lowest BCUT2D eigenvalue weighted by Gasteiger charge is -2.21. The first-order chi connectivity index (χ1) is 12.5. The fraction of sp³-hybridized carbons (Fsp3) is 0.0455. The number of hydrogen-bond donors (Lipinski definition) is 2. The first-order valence-electron chi connectivity index (χ1n) is 8.08. The Balaban J connectivity index is 2.27. The van der Waals surface area contributed by atoms with Gasteiger partial charge in [-0.15, -0.1) is 0 Å². The van der Waals surface area contributed by atoms with Crippen LogP contribution in [0.25, 0.3) is 11.3 Å². The topological polar surface area (TPSA) is 80.6 Å². The van der Waals surface area contributed by atoms with Crippen molar-refractivity contribution >= 4 is 17.1 Å². The van der Waals surface area contributed by atoms with E-state index < -0.39 is 11.5 Å². The lowest BCUT2D eigenvalue weighted by Crippen LogP contribution is -2.13. The second-order valence-corrected chi connectivity index (χ2v) is 5.92. The molecular formula is C22H17O4-. The molecule has 0 radical (unpaired) electrons. The predicted octanol–water partition coefficient (Wildman–Crippen LogP) is 3.52. The Hall–Kier alpha value is -3.53. The summed E-state index contributed by atoms with van der Waals surface area (Å²) in [6.45, 7) is 1.67. The maximum absolute atomic E-state index is 13.1. The number of ketones is 1. The highest BCUT2D eigenvalue weighted by molar-refractivity contribution is 6.33. The summed E-state index contributed by atoms with van der Waals surface area (Å²) < 4.78 is 0. The number of allylic oxidation sites excluding steroid dienone is 1. The van der Waals surface area contributed by atoms with Crippen molar-refractivity contribution in [3.05, 3.63) is 95.1 Å². The van der Waals surface area contributed by atoms with Crippen LogP contribution in [0.3, 0.4) is 0 Å². The largest absolute Gasteiger partial charge is 0.872 e. The smallest absolute Gasteiger partial charge is 0.193 e. The van der Waals surface area contributed by atoms with Gasteiger partial charge in [0.25, 0.3) is 0 Å². The Morgan fingerprint density at radius 2 is 1.31 bits per heavy atom. The van der Waals surface area contributed by atoms with Crippen molar-refractivity contribution in [3.63, 3.8) is 0 Å². The second kappa shape index (κ2) is 7.15. The maximum Gasteiger partial charge on any atom is 0.193 e. The van der Waals surface area contributed by atoms with E-state index in [2.05, 4.69) is 0 Å². The van der Waals surface area contributed by atoms with Gasteiger partial charge in [0.05, 0.1) is 0 Å². The molecule has 0 heterocycles. The minimum Gasteiger partial charge on any atom is -0.872 e.